The SMILES string of the molecule is CC(=O)OC1C(C)CC(CC2CC(C)C3OC3(C)C2)CC1(C)O. The van der Waals surface area contributed by atoms with Crippen molar-refractivity contribution in [1.82, 2.24) is 0 Å². The van der Waals surface area contributed by atoms with E-state index >= 15 is 0 Å². The first-order valence-electron chi connectivity index (χ1n) is 9.18. The van der Waals surface area contributed by atoms with Crippen LogP contribution in [-0.2, 0) is 14.3 Å². The first-order chi connectivity index (χ1) is 10.6. The first-order valence-corrected chi connectivity index (χ1v) is 9.18. The van der Waals surface area contributed by atoms with Crippen LogP contribution in [0.5, 0.6) is 0 Å². The van der Waals surface area contributed by atoms with E-state index < -0.39 is 5.60 Å². The molecule has 0 bridgehead atoms. The molecule has 0 aromatic rings. The number of aliphatic hydroxyl groups is 1. The molecule has 1 saturated heterocycles. The monoisotopic (exact) mass is 324 g/mol. The molecular weight excluding hydrogens is 292 g/mol. The summed E-state index contributed by atoms with van der Waals surface area (Å²) >= 11 is 0. The topological polar surface area (TPSA) is 59.1 Å². The molecule has 3 fully saturated rings. The van der Waals surface area contributed by atoms with Gasteiger partial charge >= 0.3 is 5.97 Å². The molecule has 0 aromatic heterocycles. The predicted molar refractivity (Wildman–Crippen MR) is 87.8 cm³/mol. The fourth-order valence-electron chi connectivity index (χ4n) is 5.74. The lowest BCUT2D eigenvalue weighted by atomic mass is 9.66. The van der Waals surface area contributed by atoms with Crippen LogP contribution in [0.1, 0.15) is 66.7 Å². The summed E-state index contributed by atoms with van der Waals surface area (Å²) in [4.78, 5) is 11.3. The average molecular weight is 324 g/mol. The van der Waals surface area contributed by atoms with E-state index in [9.17, 15) is 9.90 Å². The molecule has 23 heavy (non-hydrogen) atoms. The van der Waals surface area contributed by atoms with Crippen molar-refractivity contribution in [3.63, 3.8) is 0 Å². The van der Waals surface area contributed by atoms with Gasteiger partial charge in [0.1, 0.15) is 6.10 Å². The van der Waals surface area contributed by atoms with Crippen molar-refractivity contribution >= 4 is 5.97 Å². The highest BCUT2D eigenvalue weighted by Gasteiger charge is 2.59. The highest BCUT2D eigenvalue weighted by atomic mass is 16.6. The molecule has 4 heteroatoms. The number of ether oxygens (including phenoxy) is 2. The van der Waals surface area contributed by atoms with Gasteiger partial charge in [0.2, 0.25) is 0 Å². The Morgan fingerprint density at radius 2 is 1.78 bits per heavy atom. The maximum absolute atomic E-state index is 11.3. The van der Waals surface area contributed by atoms with E-state index in [0.717, 1.165) is 25.7 Å². The molecule has 3 aliphatic rings. The Labute approximate surface area is 139 Å². The molecule has 2 saturated carbocycles. The molecule has 4 nitrogen and oxygen atoms in total. The highest BCUT2D eigenvalue weighted by Crippen LogP contribution is 2.54. The Hall–Kier alpha value is -0.610. The van der Waals surface area contributed by atoms with E-state index in [1.807, 2.05) is 6.92 Å². The van der Waals surface area contributed by atoms with E-state index in [-0.39, 0.29) is 23.6 Å². The maximum Gasteiger partial charge on any atom is 0.303 e. The summed E-state index contributed by atoms with van der Waals surface area (Å²) in [6.07, 6.45) is 5.39. The van der Waals surface area contributed by atoms with Crippen molar-refractivity contribution < 1.29 is 19.4 Å². The number of fused-ring (bicyclic) bond motifs is 1. The fourth-order valence-corrected chi connectivity index (χ4v) is 5.74. The van der Waals surface area contributed by atoms with E-state index in [2.05, 4.69) is 20.8 Å². The lowest BCUT2D eigenvalue weighted by Gasteiger charge is -2.45. The number of carbonyl (C=O) groups is 1. The minimum atomic E-state index is -0.920. The fraction of sp³-hybridized carbons (Fsp3) is 0.947. The number of hydrogen-bond donors (Lipinski definition) is 1. The Morgan fingerprint density at radius 3 is 2.35 bits per heavy atom. The third-order valence-corrected chi connectivity index (χ3v) is 6.35. The zero-order chi connectivity index (χ0) is 17.0. The van der Waals surface area contributed by atoms with Crippen molar-refractivity contribution in [2.45, 2.75) is 90.1 Å². The van der Waals surface area contributed by atoms with Crippen molar-refractivity contribution in [1.29, 1.82) is 0 Å². The third kappa shape index (κ3) is 3.43. The lowest BCUT2D eigenvalue weighted by Crippen LogP contribution is -2.51. The molecule has 1 aliphatic heterocycles. The van der Waals surface area contributed by atoms with Crippen LogP contribution in [-0.4, -0.2) is 34.5 Å². The van der Waals surface area contributed by atoms with Gasteiger partial charge in [-0.15, -0.1) is 0 Å². The van der Waals surface area contributed by atoms with Gasteiger partial charge in [0.15, 0.2) is 0 Å². The van der Waals surface area contributed by atoms with Crippen molar-refractivity contribution in [2.24, 2.45) is 23.7 Å². The van der Waals surface area contributed by atoms with Gasteiger partial charge < -0.3 is 14.6 Å². The van der Waals surface area contributed by atoms with Crippen LogP contribution in [0.3, 0.4) is 0 Å². The van der Waals surface area contributed by atoms with Gasteiger partial charge in [-0.3, -0.25) is 4.79 Å². The van der Waals surface area contributed by atoms with E-state index in [1.54, 1.807) is 0 Å². The highest BCUT2D eigenvalue weighted by molar-refractivity contribution is 5.66. The van der Waals surface area contributed by atoms with Crippen LogP contribution >= 0.6 is 0 Å². The summed E-state index contributed by atoms with van der Waals surface area (Å²) in [5.74, 6) is 1.74. The van der Waals surface area contributed by atoms with Gasteiger partial charge in [0.05, 0.1) is 17.3 Å². The van der Waals surface area contributed by atoms with Crippen LogP contribution in [0.2, 0.25) is 0 Å². The van der Waals surface area contributed by atoms with Crippen LogP contribution in [0, 0.1) is 23.7 Å². The molecular formula is C19H32O4. The second-order valence-electron chi connectivity index (χ2n) is 9.04. The average Bonchev–Trinajstić information content (AvgIpc) is 3.06. The molecule has 132 valence electrons. The van der Waals surface area contributed by atoms with Gasteiger partial charge in [-0.05, 0) is 69.6 Å². The predicted octanol–water partition coefficient (Wildman–Crippen LogP) is 3.31. The quantitative estimate of drug-likeness (QED) is 0.639. The summed E-state index contributed by atoms with van der Waals surface area (Å²) in [5.41, 5.74) is -0.803. The van der Waals surface area contributed by atoms with Gasteiger partial charge in [0, 0.05) is 6.92 Å². The van der Waals surface area contributed by atoms with E-state index in [1.165, 1.54) is 13.3 Å². The van der Waals surface area contributed by atoms with Gasteiger partial charge in [-0.2, -0.15) is 0 Å². The molecule has 0 amide bonds. The minimum Gasteiger partial charge on any atom is -0.459 e. The zero-order valence-corrected chi connectivity index (χ0v) is 15.2. The van der Waals surface area contributed by atoms with Gasteiger partial charge in [-0.1, -0.05) is 13.8 Å². The molecule has 0 spiro atoms. The molecule has 0 aromatic carbocycles. The second-order valence-corrected chi connectivity index (χ2v) is 9.04. The van der Waals surface area contributed by atoms with Crippen LogP contribution in [0.25, 0.3) is 0 Å². The molecule has 2 aliphatic carbocycles. The Balaban J connectivity index is 1.61. The standard InChI is InChI=1S/C19H32O4/c1-11-6-14(9-18(4,21)16(11)22-13(3)20)8-15-7-12(2)17-19(5,10-15)23-17/h11-12,14-17,21H,6-10H2,1-5H3. The summed E-state index contributed by atoms with van der Waals surface area (Å²) in [7, 11) is 0. The van der Waals surface area contributed by atoms with Crippen LogP contribution < -0.4 is 0 Å². The maximum atomic E-state index is 11.3. The summed E-state index contributed by atoms with van der Waals surface area (Å²) in [6.45, 7) is 9.90. The number of hydrogen-bond acceptors (Lipinski definition) is 4. The second kappa shape index (κ2) is 5.73. The number of rotatable bonds is 3. The van der Waals surface area contributed by atoms with Gasteiger partial charge in [0.25, 0.3) is 0 Å². The number of carbonyl (C=O) groups excluding carboxylic acids is 1. The molecule has 1 heterocycles. The van der Waals surface area contributed by atoms with Crippen molar-refractivity contribution in [3.05, 3.63) is 0 Å². The van der Waals surface area contributed by atoms with Crippen molar-refractivity contribution in [2.75, 3.05) is 0 Å². The summed E-state index contributed by atoms with van der Waals surface area (Å²) < 4.78 is 11.3. The normalized spacial score (nSPS) is 52.6. The largest absolute Gasteiger partial charge is 0.459 e. The molecule has 0 radical (unpaired) electrons. The Kier molecular flexibility index (Phi) is 4.29. The summed E-state index contributed by atoms with van der Waals surface area (Å²) in [6, 6.07) is 0. The lowest BCUT2D eigenvalue weighted by molar-refractivity contribution is -0.179. The van der Waals surface area contributed by atoms with E-state index in [4.69, 9.17) is 9.47 Å². The minimum absolute atomic E-state index is 0.116. The zero-order valence-electron chi connectivity index (χ0n) is 15.2. The first kappa shape index (κ1) is 17.2. The Bertz CT molecular complexity index is 474. The van der Waals surface area contributed by atoms with Crippen LogP contribution in [0.15, 0.2) is 0 Å². The molecule has 8 atom stereocenters. The molecule has 8 unspecified atom stereocenters. The molecule has 1 N–H and O–H groups in total. The van der Waals surface area contributed by atoms with Gasteiger partial charge in [-0.25, -0.2) is 0 Å². The van der Waals surface area contributed by atoms with E-state index in [0.29, 0.717) is 23.9 Å². The Morgan fingerprint density at radius 1 is 1.17 bits per heavy atom. The third-order valence-electron chi connectivity index (χ3n) is 6.35. The smallest absolute Gasteiger partial charge is 0.303 e. The molecule has 3 rings (SSSR count). The summed E-state index contributed by atoms with van der Waals surface area (Å²) in [5, 5.41) is 10.8. The van der Waals surface area contributed by atoms with Crippen LogP contribution in [0.4, 0.5) is 0 Å². The number of epoxide rings is 1. The number of esters is 1. The van der Waals surface area contributed by atoms with Crippen molar-refractivity contribution in [3.8, 4) is 0 Å².